The molecule has 0 saturated heterocycles. The minimum Gasteiger partial charge on any atom is -0.493 e. The molecular weight excluding hydrogens is 475 g/mol. The molecule has 1 aromatic heterocycles. The molecule has 2 amide bonds. The molecule has 174 valence electrons. The Labute approximate surface area is 199 Å². The maximum Gasteiger partial charge on any atom is 0.316 e. The number of aromatic nitrogens is 2. The first kappa shape index (κ1) is 24.1. The fourth-order valence-corrected chi connectivity index (χ4v) is 2.92. The second kappa shape index (κ2) is 11.4. The predicted octanol–water partition coefficient (Wildman–Crippen LogP) is 2.99. The molecule has 10 nitrogen and oxygen atoms in total. The lowest BCUT2D eigenvalue weighted by Crippen LogP contribution is -2.36. The summed E-state index contributed by atoms with van der Waals surface area (Å²) in [7, 11) is 3.04. The highest BCUT2D eigenvalue weighted by molar-refractivity contribution is 6.42. The summed E-state index contributed by atoms with van der Waals surface area (Å²) < 4.78 is 20.8. The van der Waals surface area contributed by atoms with Crippen molar-refractivity contribution in [2.24, 2.45) is 0 Å². The highest BCUT2D eigenvalue weighted by Gasteiger charge is 2.17. The minimum atomic E-state index is -0.574. The molecule has 2 aromatic carbocycles. The minimum absolute atomic E-state index is 0.144. The number of hydrogen-bond donors (Lipinski definition) is 2. The molecule has 0 bridgehead atoms. The molecule has 0 aliphatic heterocycles. The number of nitrogens with zero attached hydrogens (tertiary/aromatic N) is 2. The smallest absolute Gasteiger partial charge is 0.316 e. The number of methoxy groups -OCH3 is 2. The quantitative estimate of drug-likeness (QED) is 0.412. The summed E-state index contributed by atoms with van der Waals surface area (Å²) in [6, 6.07) is 9.75. The van der Waals surface area contributed by atoms with E-state index in [1.807, 2.05) is 0 Å². The maximum absolute atomic E-state index is 12.2. The van der Waals surface area contributed by atoms with Crippen LogP contribution in [0.3, 0.4) is 0 Å². The molecule has 0 aliphatic carbocycles. The van der Waals surface area contributed by atoms with E-state index in [4.69, 9.17) is 41.9 Å². The lowest BCUT2D eigenvalue weighted by atomic mass is 10.2. The van der Waals surface area contributed by atoms with E-state index in [9.17, 15) is 9.59 Å². The van der Waals surface area contributed by atoms with Crippen LogP contribution in [-0.4, -0.2) is 55.9 Å². The molecule has 2 N–H and O–H groups in total. The largest absolute Gasteiger partial charge is 0.493 e. The van der Waals surface area contributed by atoms with Crippen LogP contribution in [0.4, 0.5) is 0 Å². The average molecular weight is 495 g/mol. The van der Waals surface area contributed by atoms with Gasteiger partial charge in [0.05, 0.1) is 24.3 Å². The number of halogens is 2. The first-order valence-corrected chi connectivity index (χ1v) is 10.4. The van der Waals surface area contributed by atoms with E-state index < -0.39 is 5.91 Å². The van der Waals surface area contributed by atoms with Crippen LogP contribution < -0.4 is 24.8 Å². The van der Waals surface area contributed by atoms with Gasteiger partial charge in [-0.25, -0.2) is 0 Å². The topological polar surface area (TPSA) is 125 Å². The van der Waals surface area contributed by atoms with Crippen molar-refractivity contribution < 1.29 is 28.3 Å². The summed E-state index contributed by atoms with van der Waals surface area (Å²) in [6.45, 7) is 0.0989. The molecule has 3 rings (SSSR count). The summed E-state index contributed by atoms with van der Waals surface area (Å²) in [5.74, 6) is 0.508. The van der Waals surface area contributed by atoms with E-state index >= 15 is 0 Å². The van der Waals surface area contributed by atoms with E-state index in [1.165, 1.54) is 20.3 Å². The molecule has 0 unspecified atom stereocenters. The van der Waals surface area contributed by atoms with Crippen LogP contribution in [0.5, 0.6) is 17.2 Å². The molecule has 0 saturated carbocycles. The summed E-state index contributed by atoms with van der Waals surface area (Å²) >= 11 is 11.7. The van der Waals surface area contributed by atoms with Gasteiger partial charge in [-0.1, -0.05) is 28.4 Å². The van der Waals surface area contributed by atoms with Crippen LogP contribution >= 0.6 is 23.2 Å². The number of ether oxygens (including phenoxy) is 3. The van der Waals surface area contributed by atoms with Crippen LogP contribution in [0.15, 0.2) is 40.9 Å². The number of benzene rings is 2. The van der Waals surface area contributed by atoms with Gasteiger partial charge in [-0.3, -0.25) is 9.59 Å². The lowest BCUT2D eigenvalue weighted by Gasteiger charge is -2.08. The first-order valence-electron chi connectivity index (χ1n) is 9.60. The normalized spacial score (nSPS) is 10.4. The van der Waals surface area contributed by atoms with Crippen molar-refractivity contribution in [3.63, 3.8) is 0 Å². The third-order valence-corrected chi connectivity index (χ3v) is 4.99. The van der Waals surface area contributed by atoms with Crippen LogP contribution in [0, 0.1) is 0 Å². The number of amides is 2. The Bertz CT molecular complexity index is 1140. The van der Waals surface area contributed by atoms with Gasteiger partial charge < -0.3 is 29.4 Å². The molecule has 0 atom stereocenters. The lowest BCUT2D eigenvalue weighted by molar-refractivity contribution is -0.123. The number of carbonyl (C=O) groups is 2. The van der Waals surface area contributed by atoms with Crippen molar-refractivity contribution in [2.45, 2.75) is 0 Å². The molecular formula is C21H20Cl2N4O6. The summed E-state index contributed by atoms with van der Waals surface area (Å²) in [5, 5.41) is 9.72. The van der Waals surface area contributed by atoms with Gasteiger partial charge in [0.2, 0.25) is 5.82 Å². The highest BCUT2D eigenvalue weighted by Crippen LogP contribution is 2.31. The third-order valence-electron chi connectivity index (χ3n) is 4.26. The van der Waals surface area contributed by atoms with E-state index in [-0.39, 0.29) is 37.3 Å². The van der Waals surface area contributed by atoms with Gasteiger partial charge in [0.15, 0.2) is 18.1 Å². The maximum atomic E-state index is 12.2. The van der Waals surface area contributed by atoms with Crippen LogP contribution in [-0.2, 0) is 4.79 Å². The molecule has 12 heteroatoms. The van der Waals surface area contributed by atoms with Crippen molar-refractivity contribution in [2.75, 3.05) is 33.9 Å². The molecule has 33 heavy (non-hydrogen) atoms. The number of nitrogens with one attached hydrogen (secondary N) is 2. The molecule has 3 aromatic rings. The van der Waals surface area contributed by atoms with Crippen LogP contribution in [0.25, 0.3) is 11.4 Å². The van der Waals surface area contributed by atoms with Crippen molar-refractivity contribution in [1.82, 2.24) is 20.8 Å². The number of hydrogen-bond acceptors (Lipinski definition) is 8. The standard InChI is InChI=1S/C21H20Cl2N4O6/c1-30-16-6-3-12(9-17(16)31-2)19-26-21(33-27-19)20(29)25-8-7-24-18(28)11-32-13-4-5-14(22)15(23)10-13/h3-6,9-10H,7-8,11H2,1-2H3,(H,24,28)(H,25,29). The van der Waals surface area contributed by atoms with Crippen LogP contribution in [0.2, 0.25) is 10.0 Å². The third kappa shape index (κ3) is 6.50. The molecule has 0 fully saturated rings. The van der Waals surface area contributed by atoms with Gasteiger partial charge in [0, 0.05) is 24.7 Å². The second-order valence-corrected chi connectivity index (χ2v) is 7.28. The van der Waals surface area contributed by atoms with Crippen molar-refractivity contribution in [3.8, 4) is 28.6 Å². The Morgan fingerprint density at radius 2 is 1.73 bits per heavy atom. The van der Waals surface area contributed by atoms with Crippen molar-refractivity contribution in [1.29, 1.82) is 0 Å². The van der Waals surface area contributed by atoms with Gasteiger partial charge in [-0.15, -0.1) is 0 Å². The zero-order chi connectivity index (χ0) is 23.8. The van der Waals surface area contributed by atoms with E-state index in [1.54, 1.807) is 30.3 Å². The SMILES string of the molecule is COc1ccc(-c2noc(C(=O)NCCNC(=O)COc3ccc(Cl)c(Cl)c3)n2)cc1OC. The molecule has 0 spiro atoms. The van der Waals surface area contributed by atoms with Gasteiger partial charge in [0.1, 0.15) is 5.75 Å². The Morgan fingerprint density at radius 1 is 0.970 bits per heavy atom. The predicted molar refractivity (Wildman–Crippen MR) is 120 cm³/mol. The Hall–Kier alpha value is -3.50. The van der Waals surface area contributed by atoms with Gasteiger partial charge in [0.25, 0.3) is 5.91 Å². The van der Waals surface area contributed by atoms with Crippen LogP contribution in [0.1, 0.15) is 10.7 Å². The second-order valence-electron chi connectivity index (χ2n) is 6.46. The molecule has 0 aliphatic rings. The monoisotopic (exact) mass is 494 g/mol. The summed E-state index contributed by atoms with van der Waals surface area (Å²) in [4.78, 5) is 28.2. The van der Waals surface area contributed by atoms with Gasteiger partial charge in [-0.2, -0.15) is 4.98 Å². The molecule has 0 radical (unpaired) electrons. The van der Waals surface area contributed by atoms with Crippen molar-refractivity contribution in [3.05, 3.63) is 52.3 Å². The average Bonchev–Trinajstić information content (AvgIpc) is 3.32. The van der Waals surface area contributed by atoms with E-state index in [0.29, 0.717) is 32.9 Å². The zero-order valence-corrected chi connectivity index (χ0v) is 19.2. The summed E-state index contributed by atoms with van der Waals surface area (Å²) in [6.07, 6.45) is 0. The Balaban J connectivity index is 1.43. The fourth-order valence-electron chi connectivity index (χ4n) is 2.63. The fraction of sp³-hybridized carbons (Fsp3) is 0.238. The van der Waals surface area contributed by atoms with Crippen molar-refractivity contribution >= 4 is 35.0 Å². The Morgan fingerprint density at radius 3 is 2.45 bits per heavy atom. The van der Waals surface area contributed by atoms with Gasteiger partial charge in [-0.05, 0) is 30.3 Å². The van der Waals surface area contributed by atoms with E-state index in [2.05, 4.69) is 20.8 Å². The summed E-state index contributed by atoms with van der Waals surface area (Å²) in [5.41, 5.74) is 0.588. The number of rotatable bonds is 10. The number of carbonyl (C=O) groups excluding carboxylic acids is 2. The zero-order valence-electron chi connectivity index (χ0n) is 17.7. The van der Waals surface area contributed by atoms with E-state index in [0.717, 1.165) is 0 Å². The molecule has 1 heterocycles. The first-order chi connectivity index (χ1) is 15.9. The Kier molecular flexibility index (Phi) is 8.34. The highest BCUT2D eigenvalue weighted by atomic mass is 35.5. The van der Waals surface area contributed by atoms with Gasteiger partial charge >= 0.3 is 11.8 Å².